The lowest BCUT2D eigenvalue weighted by Crippen LogP contribution is -2.34. The number of non-ortho nitro benzene ring substituents is 1. The van der Waals surface area contributed by atoms with E-state index in [0.717, 1.165) is 5.06 Å². The van der Waals surface area contributed by atoms with Crippen LogP contribution in [-0.4, -0.2) is 34.0 Å². The van der Waals surface area contributed by atoms with Gasteiger partial charge in [-0.05, 0) is 17.7 Å². The van der Waals surface area contributed by atoms with E-state index in [1.54, 1.807) is 12.2 Å². The highest BCUT2D eigenvalue weighted by atomic mass is 16.7. The van der Waals surface area contributed by atoms with E-state index in [4.69, 9.17) is 9.57 Å². The number of carbonyl (C=O) groups excluding carboxylic acids is 2. The average Bonchev–Trinajstić information content (AvgIpc) is 3.21. The minimum atomic E-state index is -0.505. The summed E-state index contributed by atoms with van der Waals surface area (Å²) in [7, 11) is 0. The number of ether oxygens (including phenoxy) is 1. The van der Waals surface area contributed by atoms with E-state index >= 15 is 0 Å². The van der Waals surface area contributed by atoms with Crippen LogP contribution in [0.2, 0.25) is 0 Å². The summed E-state index contributed by atoms with van der Waals surface area (Å²) in [6.45, 7) is -0.0153. The molecular formula is C15H12N2O6. The quantitative estimate of drug-likeness (QED) is 0.355. The fourth-order valence-electron chi connectivity index (χ4n) is 3.26. The molecule has 0 aromatic heterocycles. The van der Waals surface area contributed by atoms with Crippen molar-refractivity contribution in [2.45, 2.75) is 18.8 Å². The number of nitro groups is 1. The van der Waals surface area contributed by atoms with Gasteiger partial charge in [0.15, 0.2) is 0 Å². The first-order valence-corrected chi connectivity index (χ1v) is 7.14. The number of rotatable bonds is 4. The highest BCUT2D eigenvalue weighted by molar-refractivity contribution is 6.05. The molecule has 0 aliphatic carbocycles. The Kier molecular flexibility index (Phi) is 3.03. The van der Waals surface area contributed by atoms with Crippen molar-refractivity contribution < 1.29 is 24.1 Å². The molecule has 3 aliphatic rings. The van der Waals surface area contributed by atoms with Gasteiger partial charge < -0.3 is 4.74 Å². The molecule has 8 heteroatoms. The van der Waals surface area contributed by atoms with E-state index < -0.39 is 28.6 Å². The minimum absolute atomic E-state index is 0.0153. The van der Waals surface area contributed by atoms with Crippen molar-refractivity contribution in [3.63, 3.8) is 0 Å². The van der Waals surface area contributed by atoms with Crippen LogP contribution in [0, 0.1) is 22.0 Å². The number of fused-ring (bicyclic) bond motifs is 5. The summed E-state index contributed by atoms with van der Waals surface area (Å²) in [6, 6.07) is 5.74. The molecule has 8 nitrogen and oxygen atoms in total. The predicted octanol–water partition coefficient (Wildman–Crippen LogP) is 0.965. The van der Waals surface area contributed by atoms with Crippen molar-refractivity contribution in [1.82, 2.24) is 5.06 Å². The van der Waals surface area contributed by atoms with E-state index in [0.29, 0.717) is 5.56 Å². The van der Waals surface area contributed by atoms with Gasteiger partial charge in [0, 0.05) is 12.1 Å². The number of hydrogen-bond donors (Lipinski definition) is 0. The molecule has 1 aromatic rings. The lowest BCUT2D eigenvalue weighted by atomic mass is 9.85. The summed E-state index contributed by atoms with van der Waals surface area (Å²) in [5, 5.41) is 11.4. The summed E-state index contributed by atoms with van der Waals surface area (Å²) >= 11 is 0. The first-order valence-electron chi connectivity index (χ1n) is 7.14. The molecule has 0 N–H and O–H groups in total. The second-order valence-corrected chi connectivity index (χ2v) is 5.67. The number of nitrogens with zero attached hydrogens (tertiary/aromatic N) is 2. The van der Waals surface area contributed by atoms with E-state index in [1.807, 2.05) is 0 Å². The van der Waals surface area contributed by atoms with Crippen molar-refractivity contribution >= 4 is 17.5 Å². The summed E-state index contributed by atoms with van der Waals surface area (Å²) in [5.74, 6) is -1.79. The second-order valence-electron chi connectivity index (χ2n) is 5.67. The summed E-state index contributed by atoms with van der Waals surface area (Å²) < 4.78 is 5.53. The van der Waals surface area contributed by atoms with Crippen LogP contribution in [0.4, 0.5) is 5.69 Å². The molecule has 2 saturated heterocycles. The Morgan fingerprint density at radius 2 is 1.65 bits per heavy atom. The number of benzene rings is 1. The normalized spacial score (nSPS) is 31.0. The van der Waals surface area contributed by atoms with Crippen LogP contribution in [0.15, 0.2) is 36.4 Å². The second kappa shape index (κ2) is 4.97. The Hall–Kier alpha value is -2.58. The Morgan fingerprint density at radius 1 is 1.09 bits per heavy atom. The van der Waals surface area contributed by atoms with Gasteiger partial charge in [-0.1, -0.05) is 12.2 Å². The maximum atomic E-state index is 12.3. The molecule has 0 spiro atoms. The van der Waals surface area contributed by atoms with Gasteiger partial charge in [-0.3, -0.25) is 24.5 Å². The van der Waals surface area contributed by atoms with Crippen LogP contribution in [0.25, 0.3) is 0 Å². The van der Waals surface area contributed by atoms with Crippen LogP contribution >= 0.6 is 0 Å². The van der Waals surface area contributed by atoms with Gasteiger partial charge in [0.2, 0.25) is 0 Å². The molecule has 2 fully saturated rings. The molecular weight excluding hydrogens is 304 g/mol. The minimum Gasteiger partial charge on any atom is -0.365 e. The molecule has 0 saturated carbocycles. The Morgan fingerprint density at radius 3 is 2.17 bits per heavy atom. The van der Waals surface area contributed by atoms with Crippen molar-refractivity contribution in [3.05, 3.63) is 52.1 Å². The van der Waals surface area contributed by atoms with Crippen LogP contribution < -0.4 is 0 Å². The van der Waals surface area contributed by atoms with Crippen molar-refractivity contribution in [2.75, 3.05) is 0 Å². The zero-order chi connectivity index (χ0) is 16.1. The number of nitro benzene ring substituents is 1. The molecule has 4 atom stereocenters. The molecule has 3 heterocycles. The molecule has 0 radical (unpaired) electrons. The number of hydrogen-bond acceptors (Lipinski definition) is 6. The van der Waals surface area contributed by atoms with Gasteiger partial charge in [0.05, 0.1) is 29.0 Å². The van der Waals surface area contributed by atoms with E-state index in [2.05, 4.69) is 0 Å². The molecule has 1 aromatic carbocycles. The van der Waals surface area contributed by atoms with Crippen molar-refractivity contribution in [2.24, 2.45) is 11.8 Å². The fourth-order valence-corrected chi connectivity index (χ4v) is 3.26. The number of carbonyl (C=O) groups is 2. The smallest absolute Gasteiger partial charge is 0.269 e. The topological polar surface area (TPSA) is 99.0 Å². The maximum absolute atomic E-state index is 12.3. The molecule has 4 rings (SSSR count). The molecule has 2 amide bonds. The maximum Gasteiger partial charge on any atom is 0.269 e. The zero-order valence-corrected chi connectivity index (χ0v) is 11.8. The van der Waals surface area contributed by atoms with Gasteiger partial charge >= 0.3 is 0 Å². The standard InChI is InChI=1S/C15H12N2O6/c18-14-12-10-5-6-11(23-10)13(12)15(19)16(14)22-7-8-1-3-9(4-2-8)17(20)21/h1-6,10-13H,7H2/t10-,11-,12-,13+/m0/s1. The highest BCUT2D eigenvalue weighted by Gasteiger charge is 2.61. The first-order chi connectivity index (χ1) is 11.1. The van der Waals surface area contributed by atoms with Crippen LogP contribution in [0.5, 0.6) is 0 Å². The lowest BCUT2D eigenvalue weighted by Gasteiger charge is -2.16. The van der Waals surface area contributed by atoms with Gasteiger partial charge in [-0.2, -0.15) is 5.06 Å². The largest absolute Gasteiger partial charge is 0.365 e. The molecule has 3 aliphatic heterocycles. The van der Waals surface area contributed by atoms with Crippen molar-refractivity contribution in [3.8, 4) is 0 Å². The zero-order valence-electron chi connectivity index (χ0n) is 11.8. The molecule has 118 valence electrons. The van der Waals surface area contributed by atoms with Crippen LogP contribution in [-0.2, 0) is 25.8 Å². The average molecular weight is 316 g/mol. The highest BCUT2D eigenvalue weighted by Crippen LogP contribution is 2.45. The molecule has 2 bridgehead atoms. The predicted molar refractivity (Wildman–Crippen MR) is 74.5 cm³/mol. The summed E-state index contributed by atoms with van der Waals surface area (Å²) in [4.78, 5) is 40.1. The number of hydroxylamine groups is 2. The van der Waals surface area contributed by atoms with E-state index in [9.17, 15) is 19.7 Å². The summed E-state index contributed by atoms with van der Waals surface area (Å²) in [5.41, 5.74) is 0.599. The Bertz CT molecular complexity index is 698. The SMILES string of the molecule is O=C1[C@@H]2[C@H](C(=O)N1OCc1ccc([N+](=O)[O-])cc1)[C@@H]1C=C[C@@H]2O1. The monoisotopic (exact) mass is 316 g/mol. The van der Waals surface area contributed by atoms with Crippen molar-refractivity contribution in [1.29, 1.82) is 0 Å². The third kappa shape index (κ3) is 2.07. The van der Waals surface area contributed by atoms with Gasteiger partial charge in [0.25, 0.3) is 17.5 Å². The Labute approximate surface area is 130 Å². The van der Waals surface area contributed by atoms with Gasteiger partial charge in [-0.15, -0.1) is 0 Å². The third-order valence-corrected chi connectivity index (χ3v) is 4.38. The van der Waals surface area contributed by atoms with Crippen LogP contribution in [0.1, 0.15) is 5.56 Å². The molecule has 23 heavy (non-hydrogen) atoms. The number of amides is 2. The Balaban J connectivity index is 1.45. The van der Waals surface area contributed by atoms with E-state index in [1.165, 1.54) is 24.3 Å². The summed E-state index contributed by atoms with van der Waals surface area (Å²) in [6.07, 6.45) is 2.90. The third-order valence-electron chi connectivity index (χ3n) is 4.38. The lowest BCUT2D eigenvalue weighted by molar-refractivity contribution is -0.384. The van der Waals surface area contributed by atoms with Gasteiger partial charge in [0.1, 0.15) is 6.61 Å². The first kappa shape index (κ1) is 14.0. The molecule has 0 unspecified atom stereocenters. The fraction of sp³-hybridized carbons (Fsp3) is 0.333. The number of imide groups is 1. The van der Waals surface area contributed by atoms with Gasteiger partial charge in [-0.25, -0.2) is 0 Å². The van der Waals surface area contributed by atoms with Crippen LogP contribution in [0.3, 0.4) is 0 Å². The van der Waals surface area contributed by atoms with E-state index in [-0.39, 0.29) is 24.5 Å².